The fourth-order valence-corrected chi connectivity index (χ4v) is 3.51. The molecule has 0 spiro atoms. The zero-order valence-corrected chi connectivity index (χ0v) is 19.4. The van der Waals surface area contributed by atoms with Gasteiger partial charge in [0.15, 0.2) is 0 Å². The number of benzene rings is 3. The predicted molar refractivity (Wildman–Crippen MR) is 116 cm³/mol. The molecule has 0 fully saturated rings. The molecular weight excluding hydrogens is 469 g/mol. The van der Waals surface area contributed by atoms with Crippen molar-refractivity contribution in [3.8, 4) is 0 Å². The number of aryl methyl sites for hydroxylation is 2. The van der Waals surface area contributed by atoms with E-state index in [4.69, 9.17) is 5.73 Å². The van der Waals surface area contributed by atoms with Gasteiger partial charge in [0.1, 0.15) is 0 Å². The third kappa shape index (κ3) is 8.59. The zero-order chi connectivity index (χ0) is 20.6. The molecule has 0 bridgehead atoms. The first-order chi connectivity index (χ1) is 13.3. The Hall–Kier alpha value is -1.85. The second kappa shape index (κ2) is 12.0. The molecule has 3 aromatic carbocycles. The van der Waals surface area contributed by atoms with E-state index in [1.807, 2.05) is 60.7 Å². The summed E-state index contributed by atoms with van der Waals surface area (Å²) >= 11 is 0. The Morgan fingerprint density at radius 1 is 0.724 bits per heavy atom. The molecule has 0 aliphatic carbocycles. The Kier molecular flexibility index (Phi) is 10.4. The van der Waals surface area contributed by atoms with Gasteiger partial charge >= 0.3 is 0 Å². The molecule has 3 rings (SSSR count). The van der Waals surface area contributed by atoms with Gasteiger partial charge in [0.2, 0.25) is 10.0 Å². The van der Waals surface area contributed by atoms with E-state index in [0.29, 0.717) is 0 Å². The quantitative estimate of drug-likeness (QED) is 0.517. The van der Waals surface area contributed by atoms with Crippen molar-refractivity contribution < 1.29 is 27.9 Å². The van der Waals surface area contributed by atoms with Crippen LogP contribution in [-0.2, 0) is 29.5 Å². The largest absolute Gasteiger partial charge is 0.322 e. The van der Waals surface area contributed by atoms with Crippen LogP contribution in [0.1, 0.15) is 34.3 Å². The van der Waals surface area contributed by atoms with Crippen LogP contribution in [0.15, 0.2) is 84.9 Å². The minimum Gasteiger partial charge on any atom is -0.322 e. The Morgan fingerprint density at radius 2 is 1.10 bits per heavy atom. The molecule has 3 N–H and O–H groups in total. The second-order valence-corrected chi connectivity index (χ2v) is 8.58. The van der Waals surface area contributed by atoms with E-state index in [9.17, 15) is 8.42 Å². The van der Waals surface area contributed by atoms with Crippen molar-refractivity contribution in [3.63, 3.8) is 0 Å². The van der Waals surface area contributed by atoms with E-state index in [-0.39, 0.29) is 19.5 Å². The molecule has 0 aliphatic rings. The molecule has 0 saturated carbocycles. The normalized spacial score (nSPS) is 12.7. The maximum atomic E-state index is 11.6. The summed E-state index contributed by atoms with van der Waals surface area (Å²) in [7, 11) is -3.35. The summed E-state index contributed by atoms with van der Waals surface area (Å²) in [6, 6.07) is 26.2. The van der Waals surface area contributed by atoms with Gasteiger partial charge in [-0.15, -0.1) is 0 Å². The summed E-state index contributed by atoms with van der Waals surface area (Å²) in [6.45, 7) is 4.24. The fraction of sp³-hybridized carbons (Fsp3) is 0.217. The monoisotopic (exact) mass is 498 g/mol. The molecule has 0 radical (unpaired) electrons. The van der Waals surface area contributed by atoms with Crippen molar-refractivity contribution in [3.05, 3.63) is 107 Å². The molecule has 0 saturated heterocycles. The Balaban J connectivity index is 0.000000394. The van der Waals surface area contributed by atoms with Gasteiger partial charge in [-0.2, -0.15) is 0 Å². The summed E-state index contributed by atoms with van der Waals surface area (Å²) in [5.74, 6) is 0. The van der Waals surface area contributed by atoms with Gasteiger partial charge in [0.25, 0.3) is 0 Å². The maximum absolute atomic E-state index is 11.6. The van der Waals surface area contributed by atoms with Crippen LogP contribution in [0, 0.1) is 13.8 Å². The summed E-state index contributed by atoms with van der Waals surface area (Å²) in [5.41, 5.74) is 10.7. The number of hydrogen-bond acceptors (Lipinski definition) is 3. The molecule has 0 unspecified atom stereocenters. The molecule has 156 valence electrons. The predicted octanol–water partition coefficient (Wildman–Crippen LogP) is 4.28. The molecular formula is C23H28N2O2RuS. The van der Waals surface area contributed by atoms with E-state index < -0.39 is 22.1 Å². The molecule has 4 nitrogen and oxygen atoms in total. The first kappa shape index (κ1) is 25.2. The summed E-state index contributed by atoms with van der Waals surface area (Å²) in [5, 5.41) is 0. The topological polar surface area (TPSA) is 72.2 Å². The van der Waals surface area contributed by atoms with Gasteiger partial charge in [-0.05, 0) is 36.1 Å². The van der Waals surface area contributed by atoms with Crippen molar-refractivity contribution in [2.45, 2.75) is 25.9 Å². The molecule has 0 amide bonds. The Morgan fingerprint density at radius 3 is 1.48 bits per heavy atom. The van der Waals surface area contributed by atoms with Gasteiger partial charge < -0.3 is 5.73 Å². The zero-order valence-electron chi connectivity index (χ0n) is 16.9. The minimum absolute atomic E-state index is 0. The van der Waals surface area contributed by atoms with Crippen molar-refractivity contribution in [2.75, 3.05) is 6.26 Å². The standard InChI is InChI=1S/C15H18N2O2S.C8H10.Ru/c1-20(18,19)17-15(13-10-6-3-7-11-13)14(16)12-8-4-2-5-9-12;1-7-5-3-4-6-8(7)2;/h2-11,14-15,17H,16H2,1H3;3-6H,1-2H3;/t14-,15-;;/m1../s1. The van der Waals surface area contributed by atoms with Gasteiger partial charge in [-0.1, -0.05) is 84.9 Å². The number of rotatable bonds is 5. The first-order valence-corrected chi connectivity index (χ1v) is 11.0. The van der Waals surface area contributed by atoms with Crippen LogP contribution in [0.5, 0.6) is 0 Å². The number of nitrogens with one attached hydrogen (secondary N) is 1. The van der Waals surface area contributed by atoms with E-state index in [1.54, 1.807) is 0 Å². The van der Waals surface area contributed by atoms with E-state index >= 15 is 0 Å². The molecule has 29 heavy (non-hydrogen) atoms. The van der Waals surface area contributed by atoms with Crippen LogP contribution < -0.4 is 10.5 Å². The Bertz CT molecular complexity index is 943. The average molecular weight is 498 g/mol. The fourth-order valence-electron chi connectivity index (χ4n) is 2.77. The van der Waals surface area contributed by atoms with Gasteiger partial charge in [-0.3, -0.25) is 0 Å². The maximum Gasteiger partial charge on any atom is 0.209 e. The van der Waals surface area contributed by atoms with Gasteiger partial charge in [-0.25, -0.2) is 13.1 Å². The second-order valence-electron chi connectivity index (χ2n) is 6.80. The first-order valence-electron chi connectivity index (χ1n) is 9.13. The SMILES string of the molecule is CS(=O)(=O)N[C@H](c1ccccc1)[C@H](N)c1ccccc1.Cc1ccccc1C.[Ru]. The van der Waals surface area contributed by atoms with Gasteiger partial charge in [0.05, 0.1) is 18.3 Å². The third-order valence-corrected chi connectivity index (χ3v) is 5.15. The summed E-state index contributed by atoms with van der Waals surface area (Å²) in [6.07, 6.45) is 1.14. The molecule has 2 atom stereocenters. The molecule has 6 heteroatoms. The molecule has 3 aromatic rings. The minimum atomic E-state index is -3.35. The van der Waals surface area contributed by atoms with Crippen molar-refractivity contribution >= 4 is 10.0 Å². The molecule has 0 aromatic heterocycles. The summed E-state index contributed by atoms with van der Waals surface area (Å²) < 4.78 is 25.8. The van der Waals surface area contributed by atoms with Crippen LogP contribution in [-0.4, -0.2) is 14.7 Å². The van der Waals surface area contributed by atoms with Crippen LogP contribution in [0.2, 0.25) is 0 Å². The van der Waals surface area contributed by atoms with Crippen LogP contribution in [0.25, 0.3) is 0 Å². The van der Waals surface area contributed by atoms with Crippen molar-refractivity contribution in [1.82, 2.24) is 4.72 Å². The van der Waals surface area contributed by atoms with Crippen molar-refractivity contribution in [2.24, 2.45) is 5.73 Å². The van der Waals surface area contributed by atoms with Crippen molar-refractivity contribution in [1.29, 1.82) is 0 Å². The number of hydrogen-bond donors (Lipinski definition) is 2. The van der Waals surface area contributed by atoms with E-state index in [1.165, 1.54) is 11.1 Å². The third-order valence-electron chi connectivity index (χ3n) is 4.47. The van der Waals surface area contributed by atoms with E-state index in [2.05, 4.69) is 42.8 Å². The van der Waals surface area contributed by atoms with Crippen LogP contribution >= 0.6 is 0 Å². The van der Waals surface area contributed by atoms with Crippen LogP contribution in [0.4, 0.5) is 0 Å². The smallest absolute Gasteiger partial charge is 0.209 e. The van der Waals surface area contributed by atoms with Crippen LogP contribution in [0.3, 0.4) is 0 Å². The van der Waals surface area contributed by atoms with E-state index in [0.717, 1.165) is 17.4 Å². The van der Waals surface area contributed by atoms with Gasteiger partial charge in [0, 0.05) is 19.5 Å². The Labute approximate surface area is 187 Å². The number of nitrogens with two attached hydrogens (primary N) is 1. The summed E-state index contributed by atoms with van der Waals surface area (Å²) in [4.78, 5) is 0. The average Bonchev–Trinajstić information content (AvgIpc) is 2.69. The molecule has 0 heterocycles. The molecule has 0 aliphatic heterocycles. The number of sulfonamides is 1.